The average Bonchev–Trinajstić information content (AvgIpc) is 2.84. The smallest absolute Gasteiger partial charge is 0.135 e. The Bertz CT molecular complexity index is 1340. The minimum absolute atomic E-state index is 0.164. The summed E-state index contributed by atoms with van der Waals surface area (Å²) in [6, 6.07) is 25.7. The molecule has 4 aromatic rings. The SMILES string of the molecule is CC(C)(c1cccc(-c2ccc(F)cc2F)n1)c1cccc(C(C)(C)C(C)(C)c2ccccc2)n1. The van der Waals surface area contributed by atoms with Gasteiger partial charge in [0.25, 0.3) is 0 Å². The zero-order chi connectivity index (χ0) is 25.4. The van der Waals surface area contributed by atoms with Crippen molar-refractivity contribution in [3.8, 4) is 11.3 Å². The Labute approximate surface area is 207 Å². The van der Waals surface area contributed by atoms with E-state index in [1.54, 1.807) is 6.07 Å². The van der Waals surface area contributed by atoms with Gasteiger partial charge in [0.15, 0.2) is 0 Å². The molecular formula is C31H32F2N2. The van der Waals surface area contributed by atoms with E-state index in [9.17, 15) is 8.78 Å². The monoisotopic (exact) mass is 470 g/mol. The highest BCUT2D eigenvalue weighted by molar-refractivity contribution is 5.60. The number of hydrogen-bond donors (Lipinski definition) is 0. The third-order valence-corrected chi connectivity index (χ3v) is 7.68. The maximum absolute atomic E-state index is 14.4. The molecule has 0 saturated heterocycles. The van der Waals surface area contributed by atoms with Gasteiger partial charge in [-0.1, -0.05) is 70.2 Å². The summed E-state index contributed by atoms with van der Waals surface area (Å²) in [4.78, 5) is 9.92. The van der Waals surface area contributed by atoms with Gasteiger partial charge in [-0.25, -0.2) is 8.78 Å². The van der Waals surface area contributed by atoms with Crippen molar-refractivity contribution in [2.24, 2.45) is 0 Å². The first kappa shape index (κ1) is 24.7. The number of halogens is 2. The maximum Gasteiger partial charge on any atom is 0.135 e. The molecular weight excluding hydrogens is 438 g/mol. The molecule has 0 saturated carbocycles. The molecule has 4 heteroatoms. The van der Waals surface area contributed by atoms with E-state index >= 15 is 0 Å². The fraction of sp³-hybridized carbons (Fsp3) is 0.290. The normalized spacial score (nSPS) is 12.6. The summed E-state index contributed by atoms with van der Waals surface area (Å²) in [6.07, 6.45) is 0. The van der Waals surface area contributed by atoms with Crippen LogP contribution in [0.3, 0.4) is 0 Å². The van der Waals surface area contributed by atoms with E-state index in [-0.39, 0.29) is 16.4 Å². The van der Waals surface area contributed by atoms with Gasteiger partial charge < -0.3 is 0 Å². The van der Waals surface area contributed by atoms with Crippen LogP contribution < -0.4 is 0 Å². The Morgan fingerprint density at radius 1 is 0.571 bits per heavy atom. The third-order valence-electron chi connectivity index (χ3n) is 7.68. The first-order chi connectivity index (χ1) is 16.4. The van der Waals surface area contributed by atoms with Gasteiger partial charge in [-0.3, -0.25) is 9.97 Å². The van der Waals surface area contributed by atoms with Gasteiger partial charge in [0, 0.05) is 33.6 Å². The fourth-order valence-corrected chi connectivity index (χ4v) is 4.43. The highest BCUT2D eigenvalue weighted by Crippen LogP contribution is 2.43. The van der Waals surface area contributed by atoms with Crippen molar-refractivity contribution in [1.29, 1.82) is 0 Å². The van der Waals surface area contributed by atoms with Crippen LogP contribution in [0, 0.1) is 11.6 Å². The summed E-state index contributed by atoms with van der Waals surface area (Å²) < 4.78 is 27.8. The highest BCUT2D eigenvalue weighted by Gasteiger charge is 2.41. The molecule has 0 N–H and O–H groups in total. The molecule has 0 spiro atoms. The summed E-state index contributed by atoms with van der Waals surface area (Å²) in [5.74, 6) is -1.23. The lowest BCUT2D eigenvalue weighted by Crippen LogP contribution is -2.41. The lowest BCUT2D eigenvalue weighted by molar-refractivity contribution is 0.294. The molecule has 0 radical (unpaired) electrons. The summed E-state index contributed by atoms with van der Waals surface area (Å²) in [5.41, 5.74) is 3.70. The molecule has 180 valence electrons. The van der Waals surface area contributed by atoms with Crippen LogP contribution in [0.5, 0.6) is 0 Å². The molecule has 0 aliphatic carbocycles. The second-order valence-electron chi connectivity index (χ2n) is 10.7. The molecule has 35 heavy (non-hydrogen) atoms. The molecule has 2 heterocycles. The van der Waals surface area contributed by atoms with Gasteiger partial charge in [-0.05, 0) is 55.8 Å². The van der Waals surface area contributed by atoms with Gasteiger partial charge in [0.2, 0.25) is 0 Å². The molecule has 0 aliphatic heterocycles. The first-order valence-corrected chi connectivity index (χ1v) is 11.9. The van der Waals surface area contributed by atoms with E-state index < -0.39 is 17.0 Å². The van der Waals surface area contributed by atoms with Crippen LogP contribution in [0.15, 0.2) is 84.9 Å². The van der Waals surface area contributed by atoms with Crippen LogP contribution in [-0.4, -0.2) is 9.97 Å². The Morgan fingerprint density at radius 3 is 1.83 bits per heavy atom. The van der Waals surface area contributed by atoms with Gasteiger partial charge >= 0.3 is 0 Å². The van der Waals surface area contributed by atoms with Crippen LogP contribution in [-0.2, 0) is 16.2 Å². The van der Waals surface area contributed by atoms with Gasteiger partial charge in [0.05, 0.1) is 17.1 Å². The summed E-state index contributed by atoms with van der Waals surface area (Å²) >= 11 is 0. The van der Waals surface area contributed by atoms with Crippen molar-refractivity contribution in [3.63, 3.8) is 0 Å². The molecule has 0 bridgehead atoms. The lowest BCUT2D eigenvalue weighted by Gasteiger charge is -2.42. The number of aromatic nitrogens is 2. The van der Waals surface area contributed by atoms with Crippen molar-refractivity contribution in [2.45, 2.75) is 57.8 Å². The number of nitrogens with zero attached hydrogens (tertiary/aromatic N) is 2. The van der Waals surface area contributed by atoms with Crippen LogP contribution in [0.2, 0.25) is 0 Å². The Morgan fingerprint density at radius 2 is 1.17 bits per heavy atom. The standard InChI is InChI=1S/C31H32F2N2/c1-29(2,26-15-10-14-25(34-26)23-19-18-22(32)20-24(23)33)27-16-11-17-28(35-27)31(5,6)30(3,4)21-12-8-7-9-13-21/h7-20H,1-6H3. The van der Waals surface area contributed by atoms with E-state index in [2.05, 4.69) is 71.9 Å². The fourth-order valence-electron chi connectivity index (χ4n) is 4.43. The molecule has 0 aliphatic rings. The third kappa shape index (κ3) is 4.50. The summed E-state index contributed by atoms with van der Waals surface area (Å²) in [5, 5.41) is 0. The lowest BCUT2D eigenvalue weighted by atomic mass is 9.62. The van der Waals surface area contributed by atoms with Gasteiger partial charge in [0.1, 0.15) is 11.6 Å². The highest BCUT2D eigenvalue weighted by atomic mass is 19.1. The van der Waals surface area contributed by atoms with Gasteiger partial charge in [-0.15, -0.1) is 0 Å². The molecule has 2 aromatic carbocycles. The number of hydrogen-bond acceptors (Lipinski definition) is 2. The van der Waals surface area contributed by atoms with E-state index in [1.807, 2.05) is 30.3 Å². The van der Waals surface area contributed by atoms with Crippen LogP contribution in [0.1, 0.15) is 64.2 Å². The largest absolute Gasteiger partial charge is 0.256 e. The molecule has 0 unspecified atom stereocenters. The Kier molecular flexibility index (Phi) is 6.35. The second kappa shape index (κ2) is 8.99. The van der Waals surface area contributed by atoms with Crippen LogP contribution in [0.25, 0.3) is 11.3 Å². The zero-order valence-electron chi connectivity index (χ0n) is 21.2. The number of benzene rings is 2. The number of pyridine rings is 2. The van der Waals surface area contributed by atoms with E-state index in [0.29, 0.717) is 5.69 Å². The topological polar surface area (TPSA) is 25.8 Å². The summed E-state index contributed by atoms with van der Waals surface area (Å²) in [6.45, 7) is 13.1. The van der Waals surface area contributed by atoms with E-state index in [0.717, 1.165) is 23.1 Å². The molecule has 2 nitrogen and oxygen atoms in total. The summed E-state index contributed by atoms with van der Waals surface area (Å²) in [7, 11) is 0. The zero-order valence-corrected chi connectivity index (χ0v) is 21.2. The molecule has 0 atom stereocenters. The van der Waals surface area contributed by atoms with E-state index in [4.69, 9.17) is 9.97 Å². The quantitative estimate of drug-likeness (QED) is 0.285. The second-order valence-corrected chi connectivity index (χ2v) is 10.7. The Balaban J connectivity index is 1.74. The molecule has 0 fully saturated rings. The van der Waals surface area contributed by atoms with Crippen molar-refractivity contribution in [1.82, 2.24) is 9.97 Å². The van der Waals surface area contributed by atoms with Crippen molar-refractivity contribution in [2.75, 3.05) is 0 Å². The van der Waals surface area contributed by atoms with Crippen molar-refractivity contribution >= 4 is 0 Å². The predicted octanol–water partition coefficient (Wildman–Crippen LogP) is 8.00. The Hall–Kier alpha value is -3.40. The van der Waals surface area contributed by atoms with E-state index in [1.165, 1.54) is 17.7 Å². The minimum atomic E-state index is -0.627. The molecule has 0 amide bonds. The van der Waals surface area contributed by atoms with Crippen LogP contribution >= 0.6 is 0 Å². The van der Waals surface area contributed by atoms with Gasteiger partial charge in [-0.2, -0.15) is 0 Å². The minimum Gasteiger partial charge on any atom is -0.256 e. The van der Waals surface area contributed by atoms with Crippen molar-refractivity contribution in [3.05, 3.63) is 119 Å². The number of rotatable bonds is 6. The maximum atomic E-state index is 14.4. The predicted molar refractivity (Wildman–Crippen MR) is 138 cm³/mol. The van der Waals surface area contributed by atoms with Crippen molar-refractivity contribution < 1.29 is 8.78 Å². The molecule has 4 rings (SSSR count). The average molecular weight is 471 g/mol. The first-order valence-electron chi connectivity index (χ1n) is 11.9. The van der Waals surface area contributed by atoms with Crippen LogP contribution in [0.4, 0.5) is 8.78 Å². The molecule has 2 aromatic heterocycles.